The third-order valence-electron chi connectivity index (χ3n) is 3.34. The van der Waals surface area contributed by atoms with Crippen LogP contribution in [0.15, 0.2) is 48.5 Å². The molecule has 0 spiro atoms. The summed E-state index contributed by atoms with van der Waals surface area (Å²) < 4.78 is 10.7. The van der Waals surface area contributed by atoms with Crippen molar-refractivity contribution < 1.29 is 19.1 Å². The highest BCUT2D eigenvalue weighted by atomic mass is 16.5. The minimum atomic E-state index is -0.239. The highest BCUT2D eigenvalue weighted by Crippen LogP contribution is 2.15. The van der Waals surface area contributed by atoms with Crippen molar-refractivity contribution in [1.29, 1.82) is 0 Å². The molecular weight excluding hydrogens is 306 g/mol. The van der Waals surface area contributed by atoms with Crippen LogP contribution in [0.1, 0.15) is 34.6 Å². The summed E-state index contributed by atoms with van der Waals surface area (Å²) >= 11 is 0. The third-order valence-corrected chi connectivity index (χ3v) is 3.34. The molecule has 1 N–H and O–H groups in total. The number of amides is 1. The Kier molecular flexibility index (Phi) is 6.51. The molecule has 24 heavy (non-hydrogen) atoms. The van der Waals surface area contributed by atoms with Crippen molar-refractivity contribution in [2.45, 2.75) is 13.8 Å². The highest BCUT2D eigenvalue weighted by Gasteiger charge is 2.08. The lowest BCUT2D eigenvalue weighted by Gasteiger charge is -2.08. The van der Waals surface area contributed by atoms with Gasteiger partial charge in [-0.2, -0.15) is 0 Å². The molecule has 5 nitrogen and oxygen atoms in total. The van der Waals surface area contributed by atoms with Gasteiger partial charge in [-0.15, -0.1) is 0 Å². The Morgan fingerprint density at radius 3 is 2.42 bits per heavy atom. The molecule has 126 valence electrons. The summed E-state index contributed by atoms with van der Waals surface area (Å²) in [7, 11) is 0. The molecule has 0 saturated heterocycles. The van der Waals surface area contributed by atoms with Crippen molar-refractivity contribution in [2.75, 3.05) is 25.1 Å². The zero-order valence-electron chi connectivity index (χ0n) is 13.9. The second kappa shape index (κ2) is 8.84. The molecule has 2 rings (SSSR count). The Morgan fingerprint density at radius 1 is 1.00 bits per heavy atom. The van der Waals surface area contributed by atoms with Crippen LogP contribution in [-0.4, -0.2) is 31.5 Å². The van der Waals surface area contributed by atoms with E-state index in [0.29, 0.717) is 42.4 Å². The van der Waals surface area contributed by atoms with E-state index in [-0.39, 0.29) is 11.7 Å². The van der Waals surface area contributed by atoms with E-state index in [2.05, 4.69) is 5.32 Å². The topological polar surface area (TPSA) is 64.6 Å². The smallest absolute Gasteiger partial charge is 0.255 e. The van der Waals surface area contributed by atoms with Crippen LogP contribution < -0.4 is 10.1 Å². The van der Waals surface area contributed by atoms with Gasteiger partial charge in [0.25, 0.3) is 5.91 Å². The average Bonchev–Trinajstić information content (AvgIpc) is 2.59. The lowest BCUT2D eigenvalue weighted by molar-refractivity contribution is 0.101. The van der Waals surface area contributed by atoms with E-state index in [1.54, 1.807) is 48.5 Å². The molecule has 0 heterocycles. The van der Waals surface area contributed by atoms with Gasteiger partial charge in [0.05, 0.1) is 6.61 Å². The van der Waals surface area contributed by atoms with E-state index >= 15 is 0 Å². The van der Waals surface area contributed by atoms with Gasteiger partial charge >= 0.3 is 0 Å². The molecule has 5 heteroatoms. The molecule has 0 radical (unpaired) electrons. The van der Waals surface area contributed by atoms with Crippen molar-refractivity contribution >= 4 is 17.4 Å². The lowest BCUT2D eigenvalue weighted by Crippen LogP contribution is -2.12. The van der Waals surface area contributed by atoms with E-state index in [0.717, 1.165) is 0 Å². The Bertz CT molecular complexity index is 695. The van der Waals surface area contributed by atoms with Crippen molar-refractivity contribution in [2.24, 2.45) is 0 Å². The molecule has 1 amide bonds. The van der Waals surface area contributed by atoms with Gasteiger partial charge in [-0.1, -0.05) is 12.1 Å². The number of benzene rings is 2. The number of hydrogen-bond acceptors (Lipinski definition) is 4. The zero-order valence-corrected chi connectivity index (χ0v) is 13.9. The van der Waals surface area contributed by atoms with Crippen LogP contribution in [0.3, 0.4) is 0 Å². The minimum Gasteiger partial charge on any atom is -0.491 e. The normalized spacial score (nSPS) is 10.2. The highest BCUT2D eigenvalue weighted by molar-refractivity contribution is 6.05. The second-order valence-corrected chi connectivity index (χ2v) is 5.16. The Morgan fingerprint density at radius 2 is 1.75 bits per heavy atom. The van der Waals surface area contributed by atoms with E-state index in [4.69, 9.17) is 9.47 Å². The number of ether oxygens (including phenoxy) is 2. The molecule has 2 aromatic carbocycles. The minimum absolute atomic E-state index is 0.0420. The van der Waals surface area contributed by atoms with Gasteiger partial charge in [-0.05, 0) is 50.2 Å². The summed E-state index contributed by atoms with van der Waals surface area (Å²) in [6.07, 6.45) is 0. The van der Waals surface area contributed by atoms with Crippen molar-refractivity contribution in [1.82, 2.24) is 0 Å². The largest absolute Gasteiger partial charge is 0.491 e. The fourth-order valence-electron chi connectivity index (χ4n) is 2.08. The number of hydrogen-bond donors (Lipinski definition) is 1. The van der Waals surface area contributed by atoms with Crippen LogP contribution in [0.25, 0.3) is 0 Å². The van der Waals surface area contributed by atoms with Crippen molar-refractivity contribution in [3.63, 3.8) is 0 Å². The fraction of sp³-hybridized carbons (Fsp3) is 0.263. The molecule has 0 aliphatic heterocycles. The number of rotatable bonds is 8. The van der Waals surface area contributed by atoms with Gasteiger partial charge in [0.15, 0.2) is 5.78 Å². The fourth-order valence-corrected chi connectivity index (χ4v) is 2.08. The average molecular weight is 327 g/mol. The molecule has 0 aliphatic carbocycles. The summed E-state index contributed by atoms with van der Waals surface area (Å²) in [5, 5.41) is 2.78. The Hall–Kier alpha value is -2.66. The van der Waals surface area contributed by atoms with Gasteiger partial charge in [-0.3, -0.25) is 9.59 Å². The molecule has 0 bridgehead atoms. The summed E-state index contributed by atoms with van der Waals surface area (Å²) in [5.41, 5.74) is 1.66. The maximum Gasteiger partial charge on any atom is 0.255 e. The van der Waals surface area contributed by atoms with Crippen molar-refractivity contribution in [3.05, 3.63) is 59.7 Å². The standard InChI is InChI=1S/C19H21NO4/c1-3-23-11-12-24-18-9-7-15(8-10-18)19(22)20-17-6-4-5-16(13-17)14(2)21/h4-10,13H,3,11-12H2,1-2H3,(H,20,22). The monoisotopic (exact) mass is 327 g/mol. The van der Waals surface area contributed by atoms with Crippen LogP contribution in [0.4, 0.5) is 5.69 Å². The molecule has 0 fully saturated rings. The first kappa shape index (κ1) is 17.7. The summed E-state index contributed by atoms with van der Waals surface area (Å²) in [6.45, 7) is 5.08. The molecule has 0 saturated carbocycles. The van der Waals surface area contributed by atoms with E-state index in [9.17, 15) is 9.59 Å². The summed E-state index contributed by atoms with van der Waals surface area (Å²) in [4.78, 5) is 23.6. The summed E-state index contributed by atoms with van der Waals surface area (Å²) in [6, 6.07) is 13.7. The summed E-state index contributed by atoms with van der Waals surface area (Å²) in [5.74, 6) is 0.404. The number of ketones is 1. The van der Waals surface area contributed by atoms with Gasteiger partial charge in [0.1, 0.15) is 12.4 Å². The zero-order chi connectivity index (χ0) is 17.4. The first-order valence-electron chi connectivity index (χ1n) is 7.83. The predicted octanol–water partition coefficient (Wildman–Crippen LogP) is 3.56. The maximum absolute atomic E-state index is 12.2. The maximum atomic E-state index is 12.2. The van der Waals surface area contributed by atoms with E-state index in [1.807, 2.05) is 6.92 Å². The van der Waals surface area contributed by atoms with Gasteiger partial charge in [-0.25, -0.2) is 0 Å². The lowest BCUT2D eigenvalue weighted by atomic mass is 10.1. The van der Waals surface area contributed by atoms with Crippen LogP contribution >= 0.6 is 0 Å². The van der Waals surface area contributed by atoms with E-state index < -0.39 is 0 Å². The van der Waals surface area contributed by atoms with Crippen molar-refractivity contribution in [3.8, 4) is 5.75 Å². The number of Topliss-reactive ketones (excluding diaryl/α,β-unsaturated/α-hetero) is 1. The molecule has 2 aromatic rings. The molecule has 0 atom stereocenters. The number of carbonyl (C=O) groups excluding carboxylic acids is 2. The third kappa shape index (κ3) is 5.21. The first-order valence-corrected chi connectivity index (χ1v) is 7.83. The molecule has 0 aromatic heterocycles. The Labute approximate surface area is 141 Å². The van der Waals surface area contributed by atoms with Gasteiger partial charge < -0.3 is 14.8 Å². The predicted molar refractivity (Wildman–Crippen MR) is 92.8 cm³/mol. The van der Waals surface area contributed by atoms with Crippen LogP contribution in [0, 0.1) is 0 Å². The second-order valence-electron chi connectivity index (χ2n) is 5.16. The first-order chi connectivity index (χ1) is 11.6. The number of carbonyl (C=O) groups is 2. The SMILES string of the molecule is CCOCCOc1ccc(C(=O)Nc2cccc(C(C)=O)c2)cc1. The number of nitrogens with one attached hydrogen (secondary N) is 1. The van der Waals surface area contributed by atoms with E-state index in [1.165, 1.54) is 6.92 Å². The van der Waals surface area contributed by atoms with Gasteiger partial charge in [0, 0.05) is 23.4 Å². The van der Waals surface area contributed by atoms with Crippen LogP contribution in [0.5, 0.6) is 5.75 Å². The van der Waals surface area contributed by atoms with Gasteiger partial charge in [0.2, 0.25) is 0 Å². The van der Waals surface area contributed by atoms with Crippen LogP contribution in [0.2, 0.25) is 0 Å². The molecular formula is C19H21NO4. The molecule has 0 aliphatic rings. The quantitative estimate of drug-likeness (QED) is 0.595. The Balaban J connectivity index is 1.95. The number of anilines is 1. The molecule has 0 unspecified atom stereocenters. The van der Waals surface area contributed by atoms with Crippen LogP contribution in [-0.2, 0) is 4.74 Å².